The number of aromatic nitrogens is 3. The van der Waals surface area contributed by atoms with Gasteiger partial charge in [-0.2, -0.15) is 4.98 Å². The van der Waals surface area contributed by atoms with Gasteiger partial charge in [-0.15, -0.1) is 0 Å². The van der Waals surface area contributed by atoms with E-state index in [-0.39, 0.29) is 17.1 Å². The summed E-state index contributed by atoms with van der Waals surface area (Å²) in [6, 6.07) is 4.48. The molecule has 0 bridgehead atoms. The number of benzene rings is 1. The maximum absolute atomic E-state index is 13.5. The van der Waals surface area contributed by atoms with E-state index in [1.165, 1.54) is 12.1 Å². The molecular formula is C10H8ClFN4S. The fourth-order valence-electron chi connectivity index (χ4n) is 1.40. The van der Waals surface area contributed by atoms with Crippen molar-refractivity contribution in [3.8, 4) is 0 Å². The maximum Gasteiger partial charge on any atom is 0.224 e. The molecule has 0 aliphatic heterocycles. The first-order valence-electron chi connectivity index (χ1n) is 4.72. The van der Waals surface area contributed by atoms with Gasteiger partial charge in [0.15, 0.2) is 0 Å². The van der Waals surface area contributed by atoms with E-state index in [2.05, 4.69) is 15.0 Å². The molecule has 1 aromatic carbocycles. The first kappa shape index (κ1) is 11.9. The van der Waals surface area contributed by atoms with Gasteiger partial charge in [-0.3, -0.25) is 0 Å². The molecule has 0 saturated carbocycles. The molecule has 3 N–H and O–H groups in total. The SMILES string of the molecule is Nc1nc(=S)nc(Cc2c(F)cccc2Cl)[nH]1. The molecule has 0 spiro atoms. The van der Waals surface area contributed by atoms with Gasteiger partial charge in [0.25, 0.3) is 0 Å². The molecule has 0 aliphatic carbocycles. The van der Waals surface area contributed by atoms with Crippen molar-refractivity contribution in [1.82, 2.24) is 15.0 Å². The smallest absolute Gasteiger partial charge is 0.224 e. The summed E-state index contributed by atoms with van der Waals surface area (Å²) in [5, 5.41) is 0.335. The lowest BCUT2D eigenvalue weighted by molar-refractivity contribution is 0.612. The highest BCUT2D eigenvalue weighted by molar-refractivity contribution is 7.71. The quantitative estimate of drug-likeness (QED) is 0.823. The molecule has 0 radical (unpaired) electrons. The number of nitrogens with one attached hydrogen (secondary N) is 1. The zero-order valence-corrected chi connectivity index (χ0v) is 10.1. The van der Waals surface area contributed by atoms with Crippen LogP contribution in [0.4, 0.5) is 10.3 Å². The Morgan fingerprint density at radius 1 is 1.41 bits per heavy atom. The highest BCUT2D eigenvalue weighted by Crippen LogP contribution is 2.21. The monoisotopic (exact) mass is 270 g/mol. The molecule has 88 valence electrons. The number of H-pyrrole nitrogens is 1. The Hall–Kier alpha value is -1.53. The summed E-state index contributed by atoms with van der Waals surface area (Å²) in [4.78, 5) is 10.4. The highest BCUT2D eigenvalue weighted by Gasteiger charge is 2.09. The Kier molecular flexibility index (Phi) is 3.35. The van der Waals surface area contributed by atoms with Crippen LogP contribution < -0.4 is 5.73 Å². The van der Waals surface area contributed by atoms with E-state index in [1.54, 1.807) is 6.07 Å². The third-order valence-electron chi connectivity index (χ3n) is 2.12. The molecule has 2 rings (SSSR count). The second kappa shape index (κ2) is 4.77. The van der Waals surface area contributed by atoms with Crippen LogP contribution in [0.3, 0.4) is 0 Å². The molecular weight excluding hydrogens is 263 g/mol. The van der Waals surface area contributed by atoms with Gasteiger partial charge >= 0.3 is 0 Å². The molecule has 0 fully saturated rings. The van der Waals surface area contributed by atoms with Gasteiger partial charge in [0, 0.05) is 17.0 Å². The predicted octanol–water partition coefficient (Wildman–Crippen LogP) is 2.50. The standard InChI is InChI=1S/C10H8ClFN4S/c11-6-2-1-3-7(12)5(6)4-8-14-9(13)16-10(17)15-8/h1-3H,4H2,(H3,13,14,15,16,17). The maximum atomic E-state index is 13.5. The van der Waals surface area contributed by atoms with Crippen molar-refractivity contribution < 1.29 is 4.39 Å². The van der Waals surface area contributed by atoms with Crippen molar-refractivity contribution in [2.45, 2.75) is 6.42 Å². The molecule has 1 aromatic heterocycles. The number of nitrogen functional groups attached to an aromatic ring is 1. The third-order valence-corrected chi connectivity index (χ3v) is 2.66. The third kappa shape index (κ3) is 2.78. The summed E-state index contributed by atoms with van der Waals surface area (Å²) in [7, 11) is 0. The van der Waals surface area contributed by atoms with Crippen molar-refractivity contribution in [1.29, 1.82) is 0 Å². The van der Waals surface area contributed by atoms with Gasteiger partial charge in [0.1, 0.15) is 11.6 Å². The number of rotatable bonds is 2. The summed E-state index contributed by atoms with van der Waals surface area (Å²) in [5.74, 6) is 0.177. The largest absolute Gasteiger partial charge is 0.369 e. The Morgan fingerprint density at radius 3 is 2.82 bits per heavy atom. The lowest BCUT2D eigenvalue weighted by Crippen LogP contribution is -2.05. The fourth-order valence-corrected chi connectivity index (χ4v) is 1.84. The van der Waals surface area contributed by atoms with Crippen LogP contribution in [0.1, 0.15) is 11.4 Å². The topological polar surface area (TPSA) is 67.6 Å². The van der Waals surface area contributed by atoms with Crippen LogP contribution in [-0.2, 0) is 6.42 Å². The summed E-state index contributed by atoms with van der Waals surface area (Å²) in [6.45, 7) is 0. The van der Waals surface area contributed by atoms with Gasteiger partial charge in [-0.05, 0) is 24.4 Å². The number of anilines is 1. The summed E-state index contributed by atoms with van der Waals surface area (Å²) in [5.41, 5.74) is 5.83. The highest BCUT2D eigenvalue weighted by atomic mass is 35.5. The van der Waals surface area contributed by atoms with Gasteiger partial charge in [-0.1, -0.05) is 17.7 Å². The van der Waals surface area contributed by atoms with Crippen molar-refractivity contribution in [2.24, 2.45) is 0 Å². The average molecular weight is 271 g/mol. The Balaban J connectivity index is 2.41. The van der Waals surface area contributed by atoms with Gasteiger partial charge in [0.05, 0.1) is 0 Å². The van der Waals surface area contributed by atoms with Crippen LogP contribution >= 0.6 is 23.8 Å². The second-order valence-electron chi connectivity index (χ2n) is 3.34. The minimum Gasteiger partial charge on any atom is -0.369 e. The van der Waals surface area contributed by atoms with Crippen LogP contribution in [0.15, 0.2) is 18.2 Å². The minimum absolute atomic E-state index is 0.115. The molecule has 0 saturated heterocycles. The van der Waals surface area contributed by atoms with Crippen LogP contribution in [0.25, 0.3) is 0 Å². The predicted molar refractivity (Wildman–Crippen MR) is 65.8 cm³/mol. The van der Waals surface area contributed by atoms with Gasteiger partial charge < -0.3 is 10.7 Å². The van der Waals surface area contributed by atoms with Crippen LogP contribution in [0, 0.1) is 10.6 Å². The number of nitrogens with two attached hydrogens (primary N) is 1. The van der Waals surface area contributed by atoms with Crippen LogP contribution in [0.5, 0.6) is 0 Å². The molecule has 0 aliphatic rings. The van der Waals surface area contributed by atoms with Crippen molar-refractivity contribution in [3.63, 3.8) is 0 Å². The molecule has 2 aromatic rings. The second-order valence-corrected chi connectivity index (χ2v) is 4.11. The van der Waals surface area contributed by atoms with Crippen molar-refractivity contribution in [3.05, 3.63) is 45.2 Å². The minimum atomic E-state index is -0.394. The number of aromatic amines is 1. The van der Waals surface area contributed by atoms with E-state index >= 15 is 0 Å². The average Bonchev–Trinajstić information content (AvgIpc) is 2.22. The van der Waals surface area contributed by atoms with E-state index in [9.17, 15) is 4.39 Å². The Labute approximate surface area is 107 Å². The summed E-state index contributed by atoms with van der Waals surface area (Å²) < 4.78 is 13.7. The van der Waals surface area contributed by atoms with Gasteiger partial charge in [-0.25, -0.2) is 9.37 Å². The zero-order chi connectivity index (χ0) is 12.4. The van der Waals surface area contributed by atoms with Crippen molar-refractivity contribution in [2.75, 3.05) is 5.73 Å². The summed E-state index contributed by atoms with van der Waals surface area (Å²) in [6.07, 6.45) is 0.182. The molecule has 0 amide bonds. The number of nitrogens with zero attached hydrogens (tertiary/aromatic N) is 2. The number of halogens is 2. The normalized spacial score (nSPS) is 10.5. The molecule has 0 unspecified atom stereocenters. The number of hydrogen-bond donors (Lipinski definition) is 2. The van der Waals surface area contributed by atoms with Crippen LogP contribution in [0.2, 0.25) is 5.02 Å². The Bertz CT molecular complexity index is 593. The lowest BCUT2D eigenvalue weighted by Gasteiger charge is -2.05. The molecule has 4 nitrogen and oxygen atoms in total. The van der Waals surface area contributed by atoms with E-state index < -0.39 is 5.82 Å². The fraction of sp³-hybridized carbons (Fsp3) is 0.100. The first-order valence-corrected chi connectivity index (χ1v) is 5.50. The van der Waals surface area contributed by atoms with E-state index in [0.29, 0.717) is 16.4 Å². The lowest BCUT2D eigenvalue weighted by atomic mass is 10.1. The van der Waals surface area contributed by atoms with Crippen LogP contribution in [-0.4, -0.2) is 15.0 Å². The molecule has 1 heterocycles. The van der Waals surface area contributed by atoms with E-state index in [0.717, 1.165) is 0 Å². The summed E-state index contributed by atoms with van der Waals surface area (Å²) >= 11 is 10.7. The van der Waals surface area contributed by atoms with E-state index in [4.69, 9.17) is 29.6 Å². The number of hydrogen-bond acceptors (Lipinski definition) is 4. The van der Waals surface area contributed by atoms with E-state index in [1.807, 2.05) is 0 Å². The Morgan fingerprint density at radius 2 is 2.18 bits per heavy atom. The van der Waals surface area contributed by atoms with Gasteiger partial charge in [0.2, 0.25) is 10.7 Å². The first-order chi connectivity index (χ1) is 8.06. The van der Waals surface area contributed by atoms with Crippen molar-refractivity contribution >= 4 is 29.8 Å². The zero-order valence-electron chi connectivity index (χ0n) is 8.58. The molecule has 17 heavy (non-hydrogen) atoms. The molecule has 7 heteroatoms. The molecule has 0 atom stereocenters.